The molecule has 0 atom stereocenters. The van der Waals surface area contributed by atoms with Crippen LogP contribution in [0.5, 0.6) is 5.75 Å². The first-order valence-corrected chi connectivity index (χ1v) is 8.97. The van der Waals surface area contributed by atoms with Crippen molar-refractivity contribution in [1.82, 2.24) is 19.8 Å². The minimum Gasteiger partial charge on any atom is -0.486 e. The van der Waals surface area contributed by atoms with Gasteiger partial charge in [-0.3, -0.25) is 0 Å². The van der Waals surface area contributed by atoms with E-state index in [4.69, 9.17) is 4.74 Å². The molecule has 0 aliphatic carbocycles. The Morgan fingerprint density at radius 2 is 2.00 bits per heavy atom. The van der Waals surface area contributed by atoms with Crippen molar-refractivity contribution in [3.63, 3.8) is 0 Å². The van der Waals surface area contributed by atoms with E-state index in [1.807, 2.05) is 55.5 Å². The van der Waals surface area contributed by atoms with Crippen molar-refractivity contribution in [2.45, 2.75) is 13.5 Å². The third-order valence-corrected chi connectivity index (χ3v) is 5.06. The minimum absolute atomic E-state index is 0.410. The van der Waals surface area contributed by atoms with Crippen molar-refractivity contribution < 1.29 is 4.74 Å². The Morgan fingerprint density at radius 1 is 1.12 bits per heavy atom. The van der Waals surface area contributed by atoms with Crippen LogP contribution in [-0.4, -0.2) is 19.8 Å². The van der Waals surface area contributed by atoms with E-state index < -0.39 is 0 Å². The second kappa shape index (κ2) is 6.33. The van der Waals surface area contributed by atoms with Crippen LogP contribution < -0.4 is 4.74 Å². The van der Waals surface area contributed by atoms with Crippen molar-refractivity contribution in [2.75, 3.05) is 0 Å². The van der Waals surface area contributed by atoms with Crippen LogP contribution in [0, 0.1) is 6.92 Å². The first kappa shape index (κ1) is 15.3. The summed E-state index contributed by atoms with van der Waals surface area (Å²) in [5, 5.41) is 13.9. The summed E-state index contributed by atoms with van der Waals surface area (Å²) < 4.78 is 8.54. The molecule has 0 aliphatic heterocycles. The van der Waals surface area contributed by atoms with Crippen molar-refractivity contribution in [1.29, 1.82) is 0 Å². The average Bonchev–Trinajstić information content (AvgIpc) is 3.14. The lowest BCUT2D eigenvalue weighted by Gasteiger charge is -2.04. The zero-order chi connectivity index (χ0) is 16.5. The van der Waals surface area contributed by atoms with Crippen LogP contribution in [0.1, 0.15) is 10.6 Å². The molecular weight excluding hydrogens is 388 g/mol. The molecule has 4 rings (SSSR count). The van der Waals surface area contributed by atoms with E-state index in [9.17, 15) is 0 Å². The summed E-state index contributed by atoms with van der Waals surface area (Å²) in [6.07, 6.45) is 0. The first-order valence-electron chi connectivity index (χ1n) is 7.36. The third kappa shape index (κ3) is 2.92. The Morgan fingerprint density at radius 3 is 2.83 bits per heavy atom. The number of benzene rings is 2. The fourth-order valence-electron chi connectivity index (χ4n) is 2.38. The van der Waals surface area contributed by atoms with Crippen LogP contribution in [0.15, 0.2) is 53.0 Å². The molecule has 0 spiro atoms. The Hall–Kier alpha value is -2.25. The molecule has 2 aromatic heterocycles. The van der Waals surface area contributed by atoms with Gasteiger partial charge in [0.25, 0.3) is 0 Å². The zero-order valence-corrected chi connectivity index (χ0v) is 15.2. The molecule has 2 heterocycles. The van der Waals surface area contributed by atoms with Crippen molar-refractivity contribution in [2.24, 2.45) is 0 Å². The Balaban J connectivity index is 1.61. The molecule has 120 valence electrons. The molecule has 0 saturated heterocycles. The predicted molar refractivity (Wildman–Crippen MR) is 97.3 cm³/mol. The van der Waals surface area contributed by atoms with Crippen LogP contribution in [-0.2, 0) is 6.61 Å². The summed E-state index contributed by atoms with van der Waals surface area (Å²) in [6, 6.07) is 15.9. The summed E-state index contributed by atoms with van der Waals surface area (Å²) in [5.74, 6) is 1.56. The van der Waals surface area contributed by atoms with E-state index in [0.717, 1.165) is 31.6 Å². The molecule has 24 heavy (non-hydrogen) atoms. The molecule has 0 unspecified atom stereocenters. The van der Waals surface area contributed by atoms with Crippen molar-refractivity contribution in [3.8, 4) is 17.1 Å². The molecular formula is C17H13BrN4OS. The molecule has 4 aromatic rings. The zero-order valence-electron chi connectivity index (χ0n) is 12.8. The van der Waals surface area contributed by atoms with E-state index in [-0.39, 0.29) is 0 Å². The van der Waals surface area contributed by atoms with E-state index in [1.54, 1.807) is 4.52 Å². The second-order valence-corrected chi connectivity index (χ2v) is 7.19. The van der Waals surface area contributed by atoms with Gasteiger partial charge in [0, 0.05) is 10.0 Å². The smallest absolute Gasteiger partial charge is 0.235 e. The van der Waals surface area contributed by atoms with Crippen molar-refractivity contribution in [3.05, 3.63) is 63.6 Å². The van der Waals surface area contributed by atoms with Crippen LogP contribution in [0.2, 0.25) is 0 Å². The van der Waals surface area contributed by atoms with Gasteiger partial charge in [-0.1, -0.05) is 51.5 Å². The molecule has 0 fully saturated rings. The number of ether oxygens (including phenoxy) is 1. The molecule has 0 saturated carbocycles. The summed E-state index contributed by atoms with van der Waals surface area (Å²) in [7, 11) is 0. The van der Waals surface area contributed by atoms with Gasteiger partial charge in [-0.25, -0.2) is 0 Å². The van der Waals surface area contributed by atoms with Gasteiger partial charge >= 0.3 is 0 Å². The summed E-state index contributed by atoms with van der Waals surface area (Å²) >= 11 is 5.03. The minimum atomic E-state index is 0.410. The molecule has 0 aliphatic rings. The molecule has 0 bridgehead atoms. The Labute approximate surface area is 151 Å². The van der Waals surface area contributed by atoms with Crippen LogP contribution in [0.3, 0.4) is 0 Å². The Bertz CT molecular complexity index is 1010. The Kier molecular flexibility index (Phi) is 4.03. The molecule has 2 aromatic carbocycles. The van der Waals surface area contributed by atoms with Gasteiger partial charge in [0.15, 0.2) is 10.8 Å². The summed E-state index contributed by atoms with van der Waals surface area (Å²) in [4.78, 5) is 0.753. The quantitative estimate of drug-likeness (QED) is 0.505. The maximum Gasteiger partial charge on any atom is 0.235 e. The molecule has 0 radical (unpaired) electrons. The highest BCUT2D eigenvalue weighted by Crippen LogP contribution is 2.28. The van der Waals surface area contributed by atoms with Crippen LogP contribution in [0.25, 0.3) is 16.3 Å². The predicted octanol–water partition coefficient (Wildman–Crippen LogP) is 4.50. The molecule has 5 nitrogen and oxygen atoms in total. The number of hydrogen-bond acceptors (Lipinski definition) is 5. The van der Waals surface area contributed by atoms with Gasteiger partial charge in [0.2, 0.25) is 4.96 Å². The van der Waals surface area contributed by atoms with E-state index in [1.165, 1.54) is 16.9 Å². The van der Waals surface area contributed by atoms with Crippen LogP contribution >= 0.6 is 27.3 Å². The maximum absolute atomic E-state index is 5.82. The number of aryl methyl sites for hydroxylation is 1. The number of rotatable bonds is 4. The lowest BCUT2D eigenvalue weighted by atomic mass is 10.2. The van der Waals surface area contributed by atoms with E-state index in [0.29, 0.717) is 6.61 Å². The SMILES string of the molecule is Cc1cccc(OCc2nn3c(-c4ccccc4Br)nnc3s2)c1. The standard InChI is InChI=1S/C17H13BrN4OS/c1-11-5-4-6-12(9-11)23-10-15-21-22-16(19-20-17(22)24-15)13-7-2-3-8-14(13)18/h2-9H,10H2,1H3. The third-order valence-electron chi connectivity index (χ3n) is 3.50. The van der Waals surface area contributed by atoms with E-state index in [2.05, 4.69) is 31.2 Å². The van der Waals surface area contributed by atoms with Crippen LogP contribution in [0.4, 0.5) is 0 Å². The van der Waals surface area contributed by atoms with Gasteiger partial charge in [-0.05, 0) is 36.8 Å². The van der Waals surface area contributed by atoms with Gasteiger partial charge in [0.1, 0.15) is 12.4 Å². The van der Waals surface area contributed by atoms with Gasteiger partial charge < -0.3 is 4.74 Å². The molecule has 0 amide bonds. The monoisotopic (exact) mass is 400 g/mol. The fraction of sp³-hybridized carbons (Fsp3) is 0.118. The lowest BCUT2D eigenvalue weighted by molar-refractivity contribution is 0.304. The number of fused-ring (bicyclic) bond motifs is 1. The largest absolute Gasteiger partial charge is 0.486 e. The summed E-state index contributed by atoms with van der Waals surface area (Å²) in [5.41, 5.74) is 2.13. The number of halogens is 1. The lowest BCUT2D eigenvalue weighted by Crippen LogP contribution is -1.97. The number of nitrogens with zero attached hydrogens (tertiary/aromatic N) is 4. The highest BCUT2D eigenvalue weighted by Gasteiger charge is 2.15. The van der Waals surface area contributed by atoms with E-state index >= 15 is 0 Å². The normalized spacial score (nSPS) is 11.1. The van der Waals surface area contributed by atoms with Gasteiger partial charge in [-0.2, -0.15) is 9.61 Å². The maximum atomic E-state index is 5.82. The number of aromatic nitrogens is 4. The molecule has 0 N–H and O–H groups in total. The fourth-order valence-corrected chi connectivity index (χ4v) is 3.58. The van der Waals surface area contributed by atoms with Gasteiger partial charge in [-0.15, -0.1) is 10.2 Å². The summed E-state index contributed by atoms with van der Waals surface area (Å²) in [6.45, 7) is 2.45. The highest BCUT2D eigenvalue weighted by atomic mass is 79.9. The molecule has 7 heteroatoms. The number of hydrogen-bond donors (Lipinski definition) is 0. The average molecular weight is 401 g/mol. The highest BCUT2D eigenvalue weighted by molar-refractivity contribution is 9.10. The topological polar surface area (TPSA) is 52.3 Å². The van der Waals surface area contributed by atoms with Gasteiger partial charge in [0.05, 0.1) is 0 Å². The second-order valence-electron chi connectivity index (χ2n) is 5.30. The first-order chi connectivity index (χ1) is 11.7. The van der Waals surface area contributed by atoms with Crippen molar-refractivity contribution >= 4 is 32.2 Å².